The van der Waals surface area contributed by atoms with Gasteiger partial charge in [0, 0.05) is 11.3 Å². The van der Waals surface area contributed by atoms with Crippen LogP contribution in [-0.2, 0) is 0 Å². The SMILES string of the molecule is Fc1ccc(Nc2ncc(-c3ccccc3)o2)cc1Cl. The van der Waals surface area contributed by atoms with Crippen molar-refractivity contribution in [2.45, 2.75) is 0 Å². The number of halogens is 2. The van der Waals surface area contributed by atoms with E-state index in [1.165, 1.54) is 12.1 Å². The minimum Gasteiger partial charge on any atom is -0.423 e. The zero-order valence-corrected chi connectivity index (χ0v) is 11.1. The van der Waals surface area contributed by atoms with E-state index in [0.717, 1.165) is 5.56 Å². The van der Waals surface area contributed by atoms with Crippen molar-refractivity contribution in [1.29, 1.82) is 0 Å². The van der Waals surface area contributed by atoms with E-state index in [1.807, 2.05) is 30.3 Å². The zero-order chi connectivity index (χ0) is 13.9. The quantitative estimate of drug-likeness (QED) is 0.746. The smallest absolute Gasteiger partial charge is 0.299 e. The van der Waals surface area contributed by atoms with E-state index in [-0.39, 0.29) is 5.02 Å². The molecule has 3 aromatic rings. The summed E-state index contributed by atoms with van der Waals surface area (Å²) in [4.78, 5) is 4.13. The van der Waals surface area contributed by atoms with Crippen LogP contribution in [0.1, 0.15) is 0 Å². The topological polar surface area (TPSA) is 38.1 Å². The first-order chi connectivity index (χ1) is 9.72. The number of rotatable bonds is 3. The van der Waals surface area contributed by atoms with Crippen molar-refractivity contribution in [3.63, 3.8) is 0 Å². The van der Waals surface area contributed by atoms with Crippen molar-refractivity contribution in [3.8, 4) is 11.3 Å². The summed E-state index contributed by atoms with van der Waals surface area (Å²) in [6.45, 7) is 0. The van der Waals surface area contributed by atoms with Crippen LogP contribution in [0.2, 0.25) is 5.02 Å². The van der Waals surface area contributed by atoms with Crippen molar-refractivity contribution < 1.29 is 8.81 Å². The zero-order valence-electron chi connectivity index (χ0n) is 10.3. The van der Waals surface area contributed by atoms with Gasteiger partial charge in [0.25, 0.3) is 6.01 Å². The van der Waals surface area contributed by atoms with Crippen molar-refractivity contribution in [2.24, 2.45) is 0 Å². The van der Waals surface area contributed by atoms with Crippen molar-refractivity contribution in [2.75, 3.05) is 5.32 Å². The van der Waals surface area contributed by atoms with E-state index in [1.54, 1.807) is 12.3 Å². The van der Waals surface area contributed by atoms with Gasteiger partial charge in [0.2, 0.25) is 0 Å². The van der Waals surface area contributed by atoms with Crippen LogP contribution < -0.4 is 5.32 Å². The summed E-state index contributed by atoms with van der Waals surface area (Å²) < 4.78 is 18.6. The van der Waals surface area contributed by atoms with Gasteiger partial charge in [0.15, 0.2) is 5.76 Å². The third-order valence-electron chi connectivity index (χ3n) is 2.73. The Morgan fingerprint density at radius 2 is 1.90 bits per heavy atom. The van der Waals surface area contributed by atoms with Crippen molar-refractivity contribution in [1.82, 2.24) is 4.98 Å². The maximum Gasteiger partial charge on any atom is 0.299 e. The van der Waals surface area contributed by atoms with Gasteiger partial charge in [-0.2, -0.15) is 0 Å². The average molecular weight is 289 g/mol. The summed E-state index contributed by atoms with van der Waals surface area (Å²) >= 11 is 5.72. The van der Waals surface area contributed by atoms with Crippen LogP contribution in [0.15, 0.2) is 59.1 Å². The summed E-state index contributed by atoms with van der Waals surface area (Å²) in [6, 6.07) is 14.3. The van der Waals surface area contributed by atoms with Gasteiger partial charge >= 0.3 is 0 Å². The summed E-state index contributed by atoms with van der Waals surface area (Å²) in [5.41, 5.74) is 1.54. The summed E-state index contributed by atoms with van der Waals surface area (Å²) in [5, 5.41) is 2.98. The molecule has 0 saturated heterocycles. The maximum atomic E-state index is 13.1. The van der Waals surface area contributed by atoms with Gasteiger partial charge in [-0.25, -0.2) is 9.37 Å². The largest absolute Gasteiger partial charge is 0.423 e. The second kappa shape index (κ2) is 5.35. The summed E-state index contributed by atoms with van der Waals surface area (Å²) in [5.74, 6) is 0.191. The molecule has 0 aliphatic rings. The van der Waals surface area contributed by atoms with Crippen LogP contribution in [0.25, 0.3) is 11.3 Å². The van der Waals surface area contributed by atoms with Gasteiger partial charge in [-0.15, -0.1) is 0 Å². The van der Waals surface area contributed by atoms with Crippen LogP contribution in [-0.4, -0.2) is 4.98 Å². The molecule has 2 aromatic carbocycles. The molecule has 100 valence electrons. The molecule has 0 radical (unpaired) electrons. The Balaban J connectivity index is 1.82. The van der Waals surface area contributed by atoms with Crippen molar-refractivity contribution in [3.05, 3.63) is 65.6 Å². The number of nitrogens with zero attached hydrogens (tertiary/aromatic N) is 1. The Morgan fingerprint density at radius 3 is 2.65 bits per heavy atom. The third kappa shape index (κ3) is 2.65. The molecule has 0 amide bonds. The number of hydrogen-bond acceptors (Lipinski definition) is 3. The normalized spacial score (nSPS) is 10.5. The molecule has 0 unspecified atom stereocenters. The predicted molar refractivity (Wildman–Crippen MR) is 76.6 cm³/mol. The summed E-state index contributed by atoms with van der Waals surface area (Å²) in [6.07, 6.45) is 1.63. The maximum absolute atomic E-state index is 13.1. The highest BCUT2D eigenvalue weighted by atomic mass is 35.5. The van der Waals surface area contributed by atoms with E-state index in [9.17, 15) is 4.39 Å². The van der Waals surface area contributed by atoms with Crippen LogP contribution in [0.3, 0.4) is 0 Å². The monoisotopic (exact) mass is 288 g/mol. The van der Waals surface area contributed by atoms with E-state index in [2.05, 4.69) is 10.3 Å². The molecule has 1 heterocycles. The van der Waals surface area contributed by atoms with Crippen LogP contribution in [0.4, 0.5) is 16.1 Å². The molecule has 0 bridgehead atoms. The van der Waals surface area contributed by atoms with Gasteiger partial charge in [-0.1, -0.05) is 41.9 Å². The van der Waals surface area contributed by atoms with Crippen LogP contribution in [0, 0.1) is 5.82 Å². The molecular weight excluding hydrogens is 279 g/mol. The Bertz CT molecular complexity index is 728. The van der Waals surface area contributed by atoms with Crippen LogP contribution >= 0.6 is 11.6 Å². The molecule has 0 spiro atoms. The number of anilines is 2. The fourth-order valence-corrected chi connectivity index (χ4v) is 1.95. The number of nitrogens with one attached hydrogen (secondary N) is 1. The first-order valence-corrected chi connectivity index (χ1v) is 6.33. The molecule has 1 N–H and O–H groups in total. The highest BCUT2D eigenvalue weighted by molar-refractivity contribution is 6.31. The third-order valence-corrected chi connectivity index (χ3v) is 3.02. The molecule has 0 saturated carbocycles. The Morgan fingerprint density at radius 1 is 1.10 bits per heavy atom. The summed E-state index contributed by atoms with van der Waals surface area (Å²) in [7, 11) is 0. The minimum absolute atomic E-state index is 0.0461. The molecule has 3 nitrogen and oxygen atoms in total. The van der Waals surface area contributed by atoms with Gasteiger partial charge < -0.3 is 9.73 Å². The first-order valence-electron chi connectivity index (χ1n) is 5.96. The number of oxazole rings is 1. The molecule has 20 heavy (non-hydrogen) atoms. The minimum atomic E-state index is -0.463. The fraction of sp³-hybridized carbons (Fsp3) is 0. The van der Waals surface area contributed by atoms with Crippen molar-refractivity contribution >= 4 is 23.3 Å². The Hall–Kier alpha value is -2.33. The highest BCUT2D eigenvalue weighted by Gasteiger charge is 2.07. The predicted octanol–water partition coefficient (Wildman–Crippen LogP) is 4.88. The van der Waals surface area contributed by atoms with Gasteiger partial charge in [0.1, 0.15) is 5.82 Å². The molecule has 0 fully saturated rings. The first kappa shape index (κ1) is 12.7. The molecule has 3 rings (SSSR count). The van der Waals surface area contributed by atoms with E-state index >= 15 is 0 Å². The number of benzene rings is 2. The second-order valence-corrected chi connectivity index (χ2v) is 4.56. The molecule has 5 heteroatoms. The Kier molecular flexibility index (Phi) is 3.39. The highest BCUT2D eigenvalue weighted by Crippen LogP contribution is 2.26. The lowest BCUT2D eigenvalue weighted by atomic mass is 10.2. The van der Waals surface area contributed by atoms with Crippen LogP contribution in [0.5, 0.6) is 0 Å². The number of aromatic nitrogens is 1. The molecule has 1 aromatic heterocycles. The lowest BCUT2D eigenvalue weighted by Crippen LogP contribution is -1.90. The lowest BCUT2D eigenvalue weighted by molar-refractivity contribution is 0.592. The lowest BCUT2D eigenvalue weighted by Gasteiger charge is -2.02. The average Bonchev–Trinajstić information content (AvgIpc) is 2.92. The Labute approximate surface area is 120 Å². The fourth-order valence-electron chi connectivity index (χ4n) is 1.77. The number of hydrogen-bond donors (Lipinski definition) is 1. The standard InChI is InChI=1S/C15H10ClFN2O/c16-12-8-11(6-7-13(12)17)19-15-18-9-14(20-15)10-4-2-1-3-5-10/h1-9H,(H,18,19). The second-order valence-electron chi connectivity index (χ2n) is 4.15. The molecule has 0 atom stereocenters. The molecule has 0 aliphatic heterocycles. The van der Waals surface area contributed by atoms with E-state index in [0.29, 0.717) is 17.5 Å². The van der Waals surface area contributed by atoms with Gasteiger partial charge in [-0.3, -0.25) is 0 Å². The van der Waals surface area contributed by atoms with Gasteiger partial charge in [0.05, 0.1) is 11.2 Å². The van der Waals surface area contributed by atoms with E-state index < -0.39 is 5.82 Å². The van der Waals surface area contributed by atoms with E-state index in [4.69, 9.17) is 16.0 Å². The molecular formula is C15H10ClFN2O. The van der Waals surface area contributed by atoms with Gasteiger partial charge in [-0.05, 0) is 18.2 Å². The molecule has 0 aliphatic carbocycles.